The number of aromatic nitrogens is 1. The minimum atomic E-state index is -0.661. The molecule has 0 spiro atoms. The average molecular weight is 296 g/mol. The van der Waals surface area contributed by atoms with Gasteiger partial charge in [0.2, 0.25) is 0 Å². The molecule has 1 saturated heterocycles. The van der Waals surface area contributed by atoms with E-state index >= 15 is 0 Å². The maximum Gasteiger partial charge on any atom is 0.286 e. The number of aromatic amines is 1. The van der Waals surface area contributed by atoms with Crippen LogP contribution < -0.4 is 5.56 Å². The van der Waals surface area contributed by atoms with E-state index in [1.807, 2.05) is 4.90 Å². The van der Waals surface area contributed by atoms with Crippen LogP contribution in [0.1, 0.15) is 10.4 Å². The highest BCUT2D eigenvalue weighted by Gasteiger charge is 2.25. The molecule has 9 nitrogen and oxygen atoms in total. The third-order valence-corrected chi connectivity index (χ3v) is 3.40. The fourth-order valence-electron chi connectivity index (χ4n) is 2.22. The minimum absolute atomic E-state index is 0.0541. The minimum Gasteiger partial charge on any atom is -0.395 e. The van der Waals surface area contributed by atoms with Crippen LogP contribution in [0.2, 0.25) is 0 Å². The summed E-state index contributed by atoms with van der Waals surface area (Å²) in [5.41, 5.74) is -1.18. The molecule has 0 atom stereocenters. The Labute approximate surface area is 119 Å². The maximum atomic E-state index is 12.3. The number of nitrogens with one attached hydrogen (secondary N) is 1. The van der Waals surface area contributed by atoms with Gasteiger partial charge in [0, 0.05) is 38.8 Å². The zero-order valence-corrected chi connectivity index (χ0v) is 11.3. The van der Waals surface area contributed by atoms with Crippen molar-refractivity contribution in [2.75, 3.05) is 39.3 Å². The second-order valence-electron chi connectivity index (χ2n) is 4.72. The molecule has 2 N–H and O–H groups in total. The van der Waals surface area contributed by atoms with E-state index in [2.05, 4.69) is 4.98 Å². The smallest absolute Gasteiger partial charge is 0.286 e. The molecular formula is C12H16N4O5. The van der Waals surface area contributed by atoms with Crippen molar-refractivity contribution < 1.29 is 14.8 Å². The molecule has 0 bridgehead atoms. The topological polar surface area (TPSA) is 120 Å². The van der Waals surface area contributed by atoms with E-state index in [0.29, 0.717) is 32.7 Å². The quantitative estimate of drug-likeness (QED) is 0.545. The molecule has 2 heterocycles. The van der Waals surface area contributed by atoms with Crippen molar-refractivity contribution in [2.45, 2.75) is 0 Å². The second-order valence-corrected chi connectivity index (χ2v) is 4.72. The van der Waals surface area contributed by atoms with Gasteiger partial charge in [-0.1, -0.05) is 0 Å². The van der Waals surface area contributed by atoms with Crippen LogP contribution in [0.3, 0.4) is 0 Å². The van der Waals surface area contributed by atoms with E-state index in [1.165, 1.54) is 4.90 Å². The second kappa shape index (κ2) is 6.46. The first-order chi connectivity index (χ1) is 10.0. The Balaban J connectivity index is 2.12. The predicted octanol–water partition coefficient (Wildman–Crippen LogP) is -0.967. The first-order valence-corrected chi connectivity index (χ1v) is 6.52. The molecule has 1 fully saturated rings. The van der Waals surface area contributed by atoms with Crippen LogP contribution in [0.25, 0.3) is 0 Å². The molecule has 1 aliphatic rings. The van der Waals surface area contributed by atoms with E-state index in [9.17, 15) is 19.7 Å². The third kappa shape index (κ3) is 3.44. The molecule has 21 heavy (non-hydrogen) atoms. The number of aliphatic hydroxyl groups excluding tert-OH is 1. The lowest BCUT2D eigenvalue weighted by atomic mass is 10.2. The van der Waals surface area contributed by atoms with Gasteiger partial charge in [0.05, 0.1) is 17.7 Å². The van der Waals surface area contributed by atoms with Crippen LogP contribution in [0.4, 0.5) is 5.69 Å². The van der Waals surface area contributed by atoms with Crippen molar-refractivity contribution in [3.63, 3.8) is 0 Å². The Morgan fingerprint density at radius 2 is 2.05 bits per heavy atom. The van der Waals surface area contributed by atoms with Crippen LogP contribution in [0.15, 0.2) is 17.1 Å². The van der Waals surface area contributed by atoms with Gasteiger partial charge in [-0.3, -0.25) is 24.6 Å². The highest BCUT2D eigenvalue weighted by Crippen LogP contribution is 2.11. The zero-order chi connectivity index (χ0) is 15.4. The number of β-amino-alcohol motifs (C(OH)–C–C–N with tert-alkyl or cyclic N) is 1. The Bertz CT molecular complexity index is 592. The normalized spacial score (nSPS) is 16.0. The zero-order valence-electron chi connectivity index (χ0n) is 11.3. The van der Waals surface area contributed by atoms with E-state index in [0.717, 1.165) is 12.3 Å². The molecule has 114 valence electrons. The van der Waals surface area contributed by atoms with Gasteiger partial charge in [0.15, 0.2) is 0 Å². The summed E-state index contributed by atoms with van der Waals surface area (Å²) < 4.78 is 0. The van der Waals surface area contributed by atoms with Crippen molar-refractivity contribution >= 4 is 11.6 Å². The van der Waals surface area contributed by atoms with Crippen LogP contribution >= 0.6 is 0 Å². The van der Waals surface area contributed by atoms with Gasteiger partial charge in [-0.2, -0.15) is 0 Å². The van der Waals surface area contributed by atoms with Crippen molar-refractivity contribution in [3.8, 4) is 0 Å². The van der Waals surface area contributed by atoms with Crippen molar-refractivity contribution in [1.29, 1.82) is 0 Å². The summed E-state index contributed by atoms with van der Waals surface area (Å²) in [7, 11) is 0. The number of pyridine rings is 1. The molecule has 1 aromatic heterocycles. The molecule has 1 amide bonds. The fourth-order valence-corrected chi connectivity index (χ4v) is 2.22. The van der Waals surface area contributed by atoms with E-state index in [4.69, 9.17) is 5.11 Å². The van der Waals surface area contributed by atoms with Crippen LogP contribution in [-0.2, 0) is 0 Å². The van der Waals surface area contributed by atoms with Gasteiger partial charge in [-0.05, 0) is 0 Å². The predicted molar refractivity (Wildman–Crippen MR) is 73.1 cm³/mol. The Morgan fingerprint density at radius 1 is 1.38 bits per heavy atom. The first-order valence-electron chi connectivity index (χ1n) is 6.52. The Kier molecular flexibility index (Phi) is 4.66. The number of rotatable bonds is 4. The number of hydrogen-bond donors (Lipinski definition) is 2. The van der Waals surface area contributed by atoms with Crippen molar-refractivity contribution in [2.24, 2.45) is 0 Å². The average Bonchev–Trinajstić information content (AvgIpc) is 2.48. The fraction of sp³-hybridized carbons (Fsp3) is 0.500. The van der Waals surface area contributed by atoms with Gasteiger partial charge in [0.1, 0.15) is 5.56 Å². The lowest BCUT2D eigenvalue weighted by Crippen LogP contribution is -2.50. The summed E-state index contributed by atoms with van der Waals surface area (Å²) in [6.45, 7) is 2.62. The molecule has 9 heteroatoms. The maximum absolute atomic E-state index is 12.3. The number of nitro groups is 1. The standard InChI is InChI=1S/C12H16N4O5/c17-6-5-14-1-3-15(4-2-14)12(19)10-7-9(16(20)21)8-13-11(10)18/h7-8,17H,1-6H2,(H,13,18). The highest BCUT2D eigenvalue weighted by atomic mass is 16.6. The Hall–Kier alpha value is -2.26. The summed E-state index contributed by atoms with van der Waals surface area (Å²) in [4.78, 5) is 39.7. The number of piperazine rings is 1. The largest absolute Gasteiger partial charge is 0.395 e. The molecular weight excluding hydrogens is 280 g/mol. The van der Waals surface area contributed by atoms with E-state index in [1.54, 1.807) is 0 Å². The molecule has 0 saturated carbocycles. The summed E-state index contributed by atoms with van der Waals surface area (Å²) in [5.74, 6) is -0.511. The number of nitrogens with zero attached hydrogens (tertiary/aromatic N) is 3. The number of H-pyrrole nitrogens is 1. The van der Waals surface area contributed by atoms with Crippen LogP contribution in [0, 0.1) is 10.1 Å². The number of carbonyl (C=O) groups excluding carboxylic acids is 1. The monoisotopic (exact) mass is 296 g/mol. The van der Waals surface area contributed by atoms with E-state index in [-0.39, 0.29) is 17.9 Å². The number of carbonyl (C=O) groups is 1. The number of amides is 1. The first kappa shape index (κ1) is 15.1. The molecule has 2 rings (SSSR count). The SMILES string of the molecule is O=C(c1cc([N+](=O)[O-])c[nH]c1=O)N1CCN(CCO)CC1. The number of hydrogen-bond acceptors (Lipinski definition) is 6. The van der Waals surface area contributed by atoms with Gasteiger partial charge < -0.3 is 15.0 Å². The van der Waals surface area contributed by atoms with Gasteiger partial charge in [0.25, 0.3) is 17.2 Å². The lowest BCUT2D eigenvalue weighted by Gasteiger charge is -2.34. The molecule has 0 aliphatic carbocycles. The summed E-state index contributed by atoms with van der Waals surface area (Å²) >= 11 is 0. The molecule has 1 aliphatic heterocycles. The van der Waals surface area contributed by atoms with Crippen molar-refractivity contribution in [1.82, 2.24) is 14.8 Å². The highest BCUT2D eigenvalue weighted by molar-refractivity contribution is 5.94. The molecule has 0 unspecified atom stereocenters. The van der Waals surface area contributed by atoms with Crippen LogP contribution in [0.5, 0.6) is 0 Å². The van der Waals surface area contributed by atoms with Gasteiger partial charge in [-0.25, -0.2) is 0 Å². The third-order valence-electron chi connectivity index (χ3n) is 3.40. The summed E-state index contributed by atoms with van der Waals surface area (Å²) in [6.07, 6.45) is 0.971. The molecule has 1 aromatic rings. The summed E-state index contributed by atoms with van der Waals surface area (Å²) in [5, 5.41) is 19.6. The lowest BCUT2D eigenvalue weighted by molar-refractivity contribution is -0.385. The summed E-state index contributed by atoms with van der Waals surface area (Å²) in [6, 6.07) is 1.00. The molecule has 0 aromatic carbocycles. The van der Waals surface area contributed by atoms with Gasteiger partial charge >= 0.3 is 0 Å². The number of aliphatic hydroxyl groups is 1. The van der Waals surface area contributed by atoms with Crippen LogP contribution in [-0.4, -0.2) is 70.1 Å². The Morgan fingerprint density at radius 3 is 2.62 bits per heavy atom. The van der Waals surface area contributed by atoms with Crippen molar-refractivity contribution in [3.05, 3.63) is 38.3 Å². The van der Waals surface area contributed by atoms with E-state index < -0.39 is 16.4 Å². The van der Waals surface area contributed by atoms with Gasteiger partial charge in [-0.15, -0.1) is 0 Å². The molecule has 0 radical (unpaired) electrons.